The van der Waals surface area contributed by atoms with Crippen molar-refractivity contribution in [3.63, 3.8) is 0 Å². The summed E-state index contributed by atoms with van der Waals surface area (Å²) in [5.41, 5.74) is 5.22. The summed E-state index contributed by atoms with van der Waals surface area (Å²) >= 11 is 0. The molecule has 0 radical (unpaired) electrons. The summed E-state index contributed by atoms with van der Waals surface area (Å²) in [6.07, 6.45) is 2.58. The van der Waals surface area contributed by atoms with Crippen molar-refractivity contribution in [1.29, 1.82) is 0 Å². The molecular formula is C30H31FN4O2. The Bertz CT molecular complexity index is 1410. The van der Waals surface area contributed by atoms with Crippen molar-refractivity contribution in [3.8, 4) is 5.69 Å². The third kappa shape index (κ3) is 4.65. The summed E-state index contributed by atoms with van der Waals surface area (Å²) < 4.78 is 15.3. The number of aliphatic hydroxyl groups is 1. The van der Waals surface area contributed by atoms with Crippen LogP contribution in [-0.4, -0.2) is 56.3 Å². The lowest BCUT2D eigenvalue weighted by molar-refractivity contribution is -0.147. The minimum Gasteiger partial charge on any atom is -0.393 e. The van der Waals surface area contributed by atoms with E-state index < -0.39 is 0 Å². The van der Waals surface area contributed by atoms with Gasteiger partial charge in [-0.2, -0.15) is 5.10 Å². The minimum absolute atomic E-state index is 0.0822. The number of aliphatic hydroxyl groups excluding tert-OH is 1. The Morgan fingerprint density at radius 1 is 1.05 bits per heavy atom. The lowest BCUT2D eigenvalue weighted by atomic mass is 9.80. The predicted octanol–water partition coefficient (Wildman–Crippen LogP) is 4.63. The minimum atomic E-state index is -0.359. The number of nitrogens with zero attached hydrogens (tertiary/aromatic N) is 4. The molecule has 37 heavy (non-hydrogen) atoms. The highest BCUT2D eigenvalue weighted by Crippen LogP contribution is 2.36. The summed E-state index contributed by atoms with van der Waals surface area (Å²) in [6.45, 7) is 5.15. The third-order valence-electron chi connectivity index (χ3n) is 7.85. The van der Waals surface area contributed by atoms with Crippen molar-refractivity contribution in [2.24, 2.45) is 5.92 Å². The molecule has 1 saturated carbocycles. The number of carbonyl (C=O) groups is 1. The van der Waals surface area contributed by atoms with Gasteiger partial charge in [0.2, 0.25) is 5.91 Å². The van der Waals surface area contributed by atoms with Gasteiger partial charge in [0.05, 0.1) is 29.5 Å². The van der Waals surface area contributed by atoms with Crippen LogP contribution in [-0.2, 0) is 11.3 Å². The largest absolute Gasteiger partial charge is 0.393 e. The Kier molecular flexibility index (Phi) is 6.26. The van der Waals surface area contributed by atoms with Crippen LogP contribution in [0.5, 0.6) is 0 Å². The maximum Gasteiger partial charge on any atom is 0.226 e. The number of aryl methyl sites for hydroxylation is 1. The van der Waals surface area contributed by atoms with Crippen LogP contribution in [0.2, 0.25) is 0 Å². The van der Waals surface area contributed by atoms with Gasteiger partial charge >= 0.3 is 0 Å². The zero-order valence-corrected chi connectivity index (χ0v) is 20.9. The van der Waals surface area contributed by atoms with Gasteiger partial charge in [0.25, 0.3) is 0 Å². The second kappa shape index (κ2) is 9.72. The van der Waals surface area contributed by atoms with Gasteiger partial charge in [-0.25, -0.2) is 9.07 Å². The maximum absolute atomic E-state index is 13.5. The number of halogens is 1. The number of benzene rings is 3. The van der Waals surface area contributed by atoms with E-state index in [1.807, 2.05) is 21.8 Å². The molecule has 7 heteroatoms. The molecule has 1 aliphatic carbocycles. The van der Waals surface area contributed by atoms with Crippen LogP contribution in [0, 0.1) is 18.7 Å². The van der Waals surface area contributed by atoms with E-state index in [1.165, 1.54) is 17.7 Å². The standard InChI is InChI=1S/C30H31FN4O2/c1-20-13-28-23(17-32-35(28)25-9-7-24(31)8-10-25)16-27(20)29-19-33(18-21-5-3-2-4-6-21)11-12-34(29)30(37)22-14-26(36)15-22/h2-10,13,16-17,22,26,29,36H,11-12,14-15,18-19H2,1H3/t22?,26?,29-/m0/s1. The normalized spacial score (nSPS) is 22.2. The molecule has 0 bridgehead atoms. The fraction of sp³-hybridized carbons (Fsp3) is 0.333. The second-order valence-electron chi connectivity index (χ2n) is 10.4. The lowest BCUT2D eigenvalue weighted by Crippen LogP contribution is -2.53. The number of hydrogen-bond acceptors (Lipinski definition) is 4. The molecule has 1 aromatic heterocycles. The highest BCUT2D eigenvalue weighted by molar-refractivity contribution is 5.84. The summed E-state index contributed by atoms with van der Waals surface area (Å²) in [6, 6.07) is 21.0. The van der Waals surface area contributed by atoms with Gasteiger partial charge < -0.3 is 10.0 Å². The van der Waals surface area contributed by atoms with E-state index in [4.69, 9.17) is 0 Å². The van der Waals surface area contributed by atoms with Crippen LogP contribution in [0.1, 0.15) is 35.6 Å². The van der Waals surface area contributed by atoms with Crippen LogP contribution >= 0.6 is 0 Å². The first kappa shape index (κ1) is 23.8. The molecule has 1 atom stereocenters. The summed E-state index contributed by atoms with van der Waals surface area (Å²) in [5.74, 6) is -0.223. The molecular weight excluding hydrogens is 467 g/mol. The molecule has 2 heterocycles. The van der Waals surface area contributed by atoms with Gasteiger partial charge in [-0.3, -0.25) is 9.69 Å². The number of carbonyl (C=O) groups excluding carboxylic acids is 1. The van der Waals surface area contributed by atoms with Gasteiger partial charge in [-0.1, -0.05) is 30.3 Å². The Labute approximate surface area is 215 Å². The number of aromatic nitrogens is 2. The van der Waals surface area contributed by atoms with Gasteiger partial charge in [-0.05, 0) is 72.9 Å². The van der Waals surface area contributed by atoms with E-state index in [-0.39, 0.29) is 29.8 Å². The Morgan fingerprint density at radius 3 is 2.54 bits per heavy atom. The van der Waals surface area contributed by atoms with Crippen molar-refractivity contribution in [3.05, 3.63) is 95.4 Å². The molecule has 2 aliphatic rings. The van der Waals surface area contributed by atoms with Crippen molar-refractivity contribution >= 4 is 16.8 Å². The molecule has 1 saturated heterocycles. The molecule has 1 amide bonds. The van der Waals surface area contributed by atoms with Gasteiger partial charge in [0.1, 0.15) is 5.82 Å². The van der Waals surface area contributed by atoms with E-state index in [0.29, 0.717) is 19.4 Å². The van der Waals surface area contributed by atoms with E-state index in [1.54, 1.807) is 12.1 Å². The van der Waals surface area contributed by atoms with Gasteiger partial charge in [-0.15, -0.1) is 0 Å². The lowest BCUT2D eigenvalue weighted by Gasteiger charge is -2.45. The summed E-state index contributed by atoms with van der Waals surface area (Å²) in [7, 11) is 0. The fourth-order valence-corrected chi connectivity index (χ4v) is 5.72. The second-order valence-corrected chi connectivity index (χ2v) is 10.4. The first-order valence-electron chi connectivity index (χ1n) is 13.0. The molecule has 6 rings (SSSR count). The maximum atomic E-state index is 13.5. The smallest absolute Gasteiger partial charge is 0.226 e. The predicted molar refractivity (Wildman–Crippen MR) is 141 cm³/mol. The Hall–Kier alpha value is -3.55. The van der Waals surface area contributed by atoms with Crippen molar-refractivity contribution in [2.75, 3.05) is 19.6 Å². The van der Waals surface area contributed by atoms with E-state index in [0.717, 1.165) is 47.4 Å². The molecule has 190 valence electrons. The molecule has 1 aliphatic heterocycles. The molecule has 3 aromatic carbocycles. The first-order chi connectivity index (χ1) is 18.0. The van der Waals surface area contributed by atoms with Crippen LogP contribution < -0.4 is 0 Å². The summed E-state index contributed by atoms with van der Waals surface area (Å²) in [4.78, 5) is 18.0. The van der Waals surface area contributed by atoms with Crippen LogP contribution in [0.4, 0.5) is 4.39 Å². The molecule has 0 spiro atoms. The first-order valence-corrected chi connectivity index (χ1v) is 13.0. The molecule has 0 unspecified atom stereocenters. The molecule has 2 fully saturated rings. The molecule has 1 N–H and O–H groups in total. The Balaban J connectivity index is 1.34. The number of piperazine rings is 1. The van der Waals surface area contributed by atoms with Crippen molar-refractivity contribution in [2.45, 2.75) is 38.5 Å². The van der Waals surface area contributed by atoms with E-state index in [2.05, 4.69) is 53.3 Å². The number of rotatable bonds is 5. The third-order valence-corrected chi connectivity index (χ3v) is 7.85. The quantitative estimate of drug-likeness (QED) is 0.436. The van der Waals surface area contributed by atoms with Gasteiger partial charge in [0.15, 0.2) is 0 Å². The fourth-order valence-electron chi connectivity index (χ4n) is 5.72. The van der Waals surface area contributed by atoms with Gasteiger partial charge in [0, 0.05) is 37.5 Å². The van der Waals surface area contributed by atoms with Crippen LogP contribution in [0.3, 0.4) is 0 Å². The number of amides is 1. The molecule has 4 aromatic rings. The highest BCUT2D eigenvalue weighted by Gasteiger charge is 2.40. The van der Waals surface area contributed by atoms with Crippen molar-refractivity contribution in [1.82, 2.24) is 19.6 Å². The average molecular weight is 499 g/mol. The van der Waals surface area contributed by atoms with Crippen molar-refractivity contribution < 1.29 is 14.3 Å². The summed E-state index contributed by atoms with van der Waals surface area (Å²) in [5, 5.41) is 15.4. The monoisotopic (exact) mass is 498 g/mol. The number of fused-ring (bicyclic) bond motifs is 1. The van der Waals surface area contributed by atoms with Crippen LogP contribution in [0.15, 0.2) is 72.9 Å². The highest BCUT2D eigenvalue weighted by atomic mass is 19.1. The topological polar surface area (TPSA) is 61.6 Å². The van der Waals surface area contributed by atoms with E-state index in [9.17, 15) is 14.3 Å². The number of hydrogen-bond donors (Lipinski definition) is 1. The van der Waals surface area contributed by atoms with E-state index >= 15 is 0 Å². The van der Waals surface area contributed by atoms with Crippen LogP contribution in [0.25, 0.3) is 16.6 Å². The SMILES string of the molecule is Cc1cc2c(cnn2-c2ccc(F)cc2)cc1[C@@H]1CN(Cc2ccccc2)CCN1C(=O)C1CC(O)C1. The molecule has 6 nitrogen and oxygen atoms in total. The zero-order chi connectivity index (χ0) is 25.5. The average Bonchev–Trinajstić information content (AvgIpc) is 3.29. The Morgan fingerprint density at radius 2 is 1.81 bits per heavy atom. The zero-order valence-electron chi connectivity index (χ0n) is 20.9.